The van der Waals surface area contributed by atoms with Gasteiger partial charge in [-0.1, -0.05) is 11.3 Å². The number of fused-ring (bicyclic) bond motifs is 1. The maximum atomic E-state index is 8.89. The van der Waals surface area contributed by atoms with E-state index in [1.165, 1.54) is 0 Å². The Bertz CT molecular complexity index is 605. The first-order valence-electron chi connectivity index (χ1n) is 6.00. The molecule has 1 aromatic heterocycles. The molecule has 0 spiro atoms. The molecule has 3 rings (SSSR count). The van der Waals surface area contributed by atoms with Gasteiger partial charge in [0.2, 0.25) is 0 Å². The number of likely N-dealkylation sites (N-methyl/N-ethyl adjacent to an activating group) is 1. The molecule has 2 heterocycles. The van der Waals surface area contributed by atoms with Gasteiger partial charge in [-0.25, -0.2) is 4.98 Å². The first kappa shape index (κ1) is 11.5. The Morgan fingerprint density at radius 3 is 2.78 bits per heavy atom. The van der Waals surface area contributed by atoms with E-state index in [9.17, 15) is 0 Å². The largest absolute Gasteiger partial charge is 0.345 e. The van der Waals surface area contributed by atoms with Gasteiger partial charge in [0.25, 0.3) is 0 Å². The zero-order chi connectivity index (χ0) is 12.5. The van der Waals surface area contributed by atoms with Gasteiger partial charge in [-0.15, -0.1) is 0 Å². The van der Waals surface area contributed by atoms with Crippen LogP contribution in [0, 0.1) is 11.3 Å². The molecule has 1 aromatic carbocycles. The lowest BCUT2D eigenvalue weighted by atomic mass is 10.2. The third-order valence-corrected chi connectivity index (χ3v) is 4.38. The number of thiazole rings is 1. The van der Waals surface area contributed by atoms with Gasteiger partial charge >= 0.3 is 0 Å². The Balaban J connectivity index is 1.91. The second-order valence-electron chi connectivity index (χ2n) is 4.58. The van der Waals surface area contributed by atoms with Gasteiger partial charge in [-0.3, -0.25) is 0 Å². The zero-order valence-electron chi connectivity index (χ0n) is 10.3. The second-order valence-corrected chi connectivity index (χ2v) is 5.59. The van der Waals surface area contributed by atoms with Crippen molar-refractivity contribution in [3.63, 3.8) is 0 Å². The topological polar surface area (TPSA) is 43.2 Å². The Labute approximate surface area is 110 Å². The minimum Gasteiger partial charge on any atom is -0.345 e. The van der Waals surface area contributed by atoms with Crippen molar-refractivity contribution in [3.8, 4) is 6.07 Å². The molecule has 0 amide bonds. The summed E-state index contributed by atoms with van der Waals surface area (Å²) < 4.78 is 1.16. The quantitative estimate of drug-likeness (QED) is 0.784. The molecule has 1 saturated heterocycles. The van der Waals surface area contributed by atoms with Crippen molar-refractivity contribution in [2.45, 2.75) is 0 Å². The highest BCUT2D eigenvalue weighted by Crippen LogP contribution is 2.29. The molecule has 0 N–H and O–H groups in total. The predicted octanol–water partition coefficient (Wildman–Crippen LogP) is 1.92. The number of hydrogen-bond acceptors (Lipinski definition) is 5. The van der Waals surface area contributed by atoms with Crippen LogP contribution in [0.2, 0.25) is 0 Å². The maximum Gasteiger partial charge on any atom is 0.186 e. The van der Waals surface area contributed by atoms with Crippen LogP contribution in [0.4, 0.5) is 5.13 Å². The average Bonchev–Trinajstić information content (AvgIpc) is 2.82. The summed E-state index contributed by atoms with van der Waals surface area (Å²) in [5, 5.41) is 9.97. The van der Waals surface area contributed by atoms with Crippen LogP contribution in [0.25, 0.3) is 10.2 Å². The van der Waals surface area contributed by atoms with Crippen molar-refractivity contribution in [2.24, 2.45) is 0 Å². The van der Waals surface area contributed by atoms with Crippen molar-refractivity contribution >= 4 is 26.7 Å². The summed E-state index contributed by atoms with van der Waals surface area (Å²) in [5.41, 5.74) is 1.62. The van der Waals surface area contributed by atoms with Gasteiger partial charge in [-0.2, -0.15) is 5.26 Å². The number of benzene rings is 1. The van der Waals surface area contributed by atoms with E-state index < -0.39 is 0 Å². The molecular formula is C13H14N4S. The van der Waals surface area contributed by atoms with E-state index in [0.717, 1.165) is 41.5 Å². The molecule has 4 nitrogen and oxygen atoms in total. The second kappa shape index (κ2) is 4.56. The summed E-state index contributed by atoms with van der Waals surface area (Å²) in [4.78, 5) is 9.31. The molecular weight excluding hydrogens is 244 g/mol. The third-order valence-electron chi connectivity index (χ3n) is 3.28. The first-order valence-corrected chi connectivity index (χ1v) is 6.82. The molecule has 5 heteroatoms. The number of rotatable bonds is 1. The molecule has 0 radical (unpaired) electrons. The smallest absolute Gasteiger partial charge is 0.186 e. The zero-order valence-corrected chi connectivity index (χ0v) is 11.1. The van der Waals surface area contributed by atoms with Crippen molar-refractivity contribution in [2.75, 3.05) is 38.1 Å². The first-order chi connectivity index (χ1) is 8.76. The number of piperazine rings is 1. The Morgan fingerprint density at radius 1 is 1.28 bits per heavy atom. The van der Waals surface area contributed by atoms with Crippen LogP contribution in [-0.4, -0.2) is 43.1 Å². The van der Waals surface area contributed by atoms with Crippen LogP contribution in [0.1, 0.15) is 5.56 Å². The fraction of sp³-hybridized carbons (Fsp3) is 0.385. The van der Waals surface area contributed by atoms with E-state index in [1.807, 2.05) is 18.2 Å². The van der Waals surface area contributed by atoms with E-state index in [0.29, 0.717) is 5.56 Å². The summed E-state index contributed by atoms with van der Waals surface area (Å²) in [6, 6.07) is 7.87. The van der Waals surface area contributed by atoms with Crippen LogP contribution < -0.4 is 4.90 Å². The van der Waals surface area contributed by atoms with Crippen LogP contribution in [0.15, 0.2) is 18.2 Å². The normalized spacial score (nSPS) is 17.0. The minimum absolute atomic E-state index is 0.678. The Kier molecular flexibility index (Phi) is 2.90. The van der Waals surface area contributed by atoms with Crippen LogP contribution in [0.3, 0.4) is 0 Å². The van der Waals surface area contributed by atoms with Gasteiger partial charge < -0.3 is 9.80 Å². The van der Waals surface area contributed by atoms with Crippen molar-refractivity contribution in [3.05, 3.63) is 23.8 Å². The highest BCUT2D eigenvalue weighted by Gasteiger charge is 2.17. The van der Waals surface area contributed by atoms with Crippen molar-refractivity contribution in [1.29, 1.82) is 5.26 Å². The molecule has 0 aliphatic carbocycles. The Hall–Kier alpha value is -1.64. The molecule has 0 atom stereocenters. The van der Waals surface area contributed by atoms with Gasteiger partial charge in [0, 0.05) is 26.2 Å². The van der Waals surface area contributed by atoms with Crippen molar-refractivity contribution in [1.82, 2.24) is 9.88 Å². The number of anilines is 1. The molecule has 0 saturated carbocycles. The monoisotopic (exact) mass is 258 g/mol. The van der Waals surface area contributed by atoms with Crippen LogP contribution in [0.5, 0.6) is 0 Å². The van der Waals surface area contributed by atoms with E-state index >= 15 is 0 Å². The number of hydrogen-bond donors (Lipinski definition) is 0. The molecule has 1 aliphatic rings. The highest BCUT2D eigenvalue weighted by molar-refractivity contribution is 7.22. The SMILES string of the molecule is CN1CCN(c2nc3cc(C#N)ccc3s2)CC1. The number of nitriles is 1. The van der Waals surface area contributed by atoms with E-state index in [4.69, 9.17) is 5.26 Å². The average molecular weight is 258 g/mol. The summed E-state index contributed by atoms with van der Waals surface area (Å²) in [6.07, 6.45) is 0. The highest BCUT2D eigenvalue weighted by atomic mass is 32.1. The fourth-order valence-electron chi connectivity index (χ4n) is 2.12. The predicted molar refractivity (Wildman–Crippen MR) is 74.0 cm³/mol. The summed E-state index contributed by atoms with van der Waals surface area (Å²) in [5.74, 6) is 0. The molecule has 2 aromatic rings. The lowest BCUT2D eigenvalue weighted by Crippen LogP contribution is -2.44. The van der Waals surface area contributed by atoms with E-state index in [-0.39, 0.29) is 0 Å². The molecule has 1 fully saturated rings. The fourth-order valence-corrected chi connectivity index (χ4v) is 3.12. The van der Waals surface area contributed by atoms with Crippen LogP contribution in [-0.2, 0) is 0 Å². The summed E-state index contributed by atoms with van der Waals surface area (Å²) in [6.45, 7) is 4.22. The minimum atomic E-state index is 0.678. The molecule has 1 aliphatic heterocycles. The molecule has 18 heavy (non-hydrogen) atoms. The van der Waals surface area contributed by atoms with Gasteiger partial charge in [-0.05, 0) is 25.2 Å². The number of aromatic nitrogens is 1. The molecule has 0 unspecified atom stereocenters. The third kappa shape index (κ3) is 2.05. The summed E-state index contributed by atoms with van der Waals surface area (Å²) >= 11 is 1.71. The maximum absolute atomic E-state index is 8.89. The molecule has 92 valence electrons. The molecule has 0 bridgehead atoms. The van der Waals surface area contributed by atoms with Crippen molar-refractivity contribution < 1.29 is 0 Å². The van der Waals surface area contributed by atoms with Gasteiger partial charge in [0.1, 0.15) is 0 Å². The lowest BCUT2D eigenvalue weighted by Gasteiger charge is -2.31. The van der Waals surface area contributed by atoms with Crippen LogP contribution >= 0.6 is 11.3 Å². The standard InChI is InChI=1S/C13H14N4S/c1-16-4-6-17(7-5-16)13-15-11-8-10(9-14)2-3-12(11)18-13/h2-3,8H,4-7H2,1H3. The van der Waals surface area contributed by atoms with Gasteiger partial charge in [0.15, 0.2) is 5.13 Å². The lowest BCUT2D eigenvalue weighted by molar-refractivity contribution is 0.313. The van der Waals surface area contributed by atoms with E-state index in [2.05, 4.69) is 27.9 Å². The van der Waals surface area contributed by atoms with Gasteiger partial charge in [0.05, 0.1) is 21.8 Å². The summed E-state index contributed by atoms with van der Waals surface area (Å²) in [7, 11) is 2.15. The Morgan fingerprint density at radius 2 is 2.06 bits per heavy atom. The number of nitrogens with zero attached hydrogens (tertiary/aromatic N) is 4. The van der Waals surface area contributed by atoms with E-state index in [1.54, 1.807) is 11.3 Å².